The van der Waals surface area contributed by atoms with E-state index in [2.05, 4.69) is 61.8 Å². The molecule has 0 fully saturated rings. The highest BCUT2D eigenvalue weighted by atomic mass is 79.9. The zero-order valence-electron chi connectivity index (χ0n) is 23.8. The Hall–Kier alpha value is -4.72. The summed E-state index contributed by atoms with van der Waals surface area (Å²) in [5.74, 6) is -0.326. The lowest BCUT2D eigenvalue weighted by Gasteiger charge is -2.10. The van der Waals surface area contributed by atoms with Crippen molar-refractivity contribution >= 4 is 71.0 Å². The minimum atomic E-state index is -0.952. The van der Waals surface area contributed by atoms with E-state index >= 15 is 0 Å². The van der Waals surface area contributed by atoms with Gasteiger partial charge in [0.2, 0.25) is 11.1 Å². The van der Waals surface area contributed by atoms with Gasteiger partial charge < -0.3 is 14.7 Å². The largest absolute Gasteiger partial charge is 0.496 e. The summed E-state index contributed by atoms with van der Waals surface area (Å²) in [5, 5.41) is 13.5. The van der Waals surface area contributed by atoms with E-state index in [1.807, 2.05) is 60.9 Å². The summed E-state index contributed by atoms with van der Waals surface area (Å²) in [4.78, 5) is 33.9. The monoisotopic (exact) mass is 779 g/mol. The van der Waals surface area contributed by atoms with Gasteiger partial charge >= 0.3 is 5.69 Å². The van der Waals surface area contributed by atoms with Crippen molar-refractivity contribution < 1.29 is 14.1 Å². The van der Waals surface area contributed by atoms with Crippen molar-refractivity contribution in [2.24, 2.45) is 0 Å². The number of nitro groups is 1. The highest BCUT2D eigenvalue weighted by Crippen LogP contribution is 2.34. The summed E-state index contributed by atoms with van der Waals surface area (Å²) in [6.07, 6.45) is 7.22. The van der Waals surface area contributed by atoms with Crippen LogP contribution in [0.1, 0.15) is 18.8 Å². The Kier molecular flexibility index (Phi) is 10.3. The molecule has 4 aromatic heterocycles. The lowest BCUT2D eigenvalue weighted by molar-refractivity contribution is -0.387. The number of aromatic amines is 2. The first-order chi connectivity index (χ1) is 22.2. The summed E-state index contributed by atoms with van der Waals surface area (Å²) < 4.78 is 20.6. The molecule has 2 N–H and O–H groups in total. The SMILES string of the molecule is C.COc1cc(F)c([N+](=O)[O-])cc1Cc1ncc(Br)c(-c2c[nH]c3ccccc23)n1.Clc1ncc(Br)c(-c2c[nH]c3ccccc23)n1. The van der Waals surface area contributed by atoms with Crippen LogP contribution in [-0.2, 0) is 6.42 Å². The van der Waals surface area contributed by atoms with E-state index in [-0.39, 0.29) is 24.9 Å². The number of benzene rings is 3. The second kappa shape index (κ2) is 14.4. The molecule has 0 saturated heterocycles. The molecular formula is C33H25Br2ClFN7O3. The van der Waals surface area contributed by atoms with Gasteiger partial charge in [0.15, 0.2) is 0 Å². The molecule has 0 unspecified atom stereocenters. The molecule has 7 rings (SSSR count). The van der Waals surface area contributed by atoms with Gasteiger partial charge in [0.25, 0.3) is 0 Å². The van der Waals surface area contributed by atoms with Crippen LogP contribution in [0.4, 0.5) is 10.1 Å². The number of nitrogens with one attached hydrogen (secondary N) is 2. The summed E-state index contributed by atoms with van der Waals surface area (Å²) in [7, 11) is 1.38. The summed E-state index contributed by atoms with van der Waals surface area (Å²) in [6, 6.07) is 18.1. The van der Waals surface area contributed by atoms with Crippen molar-refractivity contribution in [3.8, 4) is 28.3 Å². The minimum absolute atomic E-state index is 0. The van der Waals surface area contributed by atoms with E-state index in [1.165, 1.54) is 7.11 Å². The highest BCUT2D eigenvalue weighted by Gasteiger charge is 2.21. The molecular weight excluding hydrogens is 757 g/mol. The minimum Gasteiger partial charge on any atom is -0.496 e. The maximum atomic E-state index is 13.9. The first-order valence-corrected chi connectivity index (χ1v) is 15.5. The normalized spacial score (nSPS) is 10.7. The Morgan fingerprint density at radius 1 is 0.894 bits per heavy atom. The number of nitrogens with zero attached hydrogens (tertiary/aromatic N) is 5. The van der Waals surface area contributed by atoms with Crippen molar-refractivity contribution in [3.05, 3.63) is 127 Å². The molecule has 10 nitrogen and oxygen atoms in total. The molecule has 0 saturated carbocycles. The highest BCUT2D eigenvalue weighted by molar-refractivity contribution is 9.11. The van der Waals surface area contributed by atoms with Crippen LogP contribution in [0.2, 0.25) is 5.28 Å². The average Bonchev–Trinajstić information content (AvgIpc) is 3.69. The molecule has 0 aliphatic carbocycles. The lowest BCUT2D eigenvalue weighted by Crippen LogP contribution is -2.03. The van der Waals surface area contributed by atoms with Crippen LogP contribution >= 0.6 is 43.5 Å². The molecule has 14 heteroatoms. The van der Waals surface area contributed by atoms with E-state index < -0.39 is 16.4 Å². The van der Waals surface area contributed by atoms with E-state index in [9.17, 15) is 14.5 Å². The van der Waals surface area contributed by atoms with Gasteiger partial charge in [-0.2, -0.15) is 4.39 Å². The molecule has 0 aliphatic rings. The van der Waals surface area contributed by atoms with Crippen molar-refractivity contribution in [3.63, 3.8) is 0 Å². The number of fused-ring (bicyclic) bond motifs is 2. The molecule has 238 valence electrons. The Bertz CT molecular complexity index is 2240. The molecule has 4 heterocycles. The van der Waals surface area contributed by atoms with Crippen molar-refractivity contribution in [1.82, 2.24) is 29.9 Å². The average molecular weight is 782 g/mol. The number of halogens is 4. The summed E-state index contributed by atoms with van der Waals surface area (Å²) >= 11 is 12.8. The maximum Gasteiger partial charge on any atom is 0.305 e. The van der Waals surface area contributed by atoms with Crippen LogP contribution in [0.25, 0.3) is 44.3 Å². The molecule has 0 amide bonds. The van der Waals surface area contributed by atoms with Crippen LogP contribution < -0.4 is 4.74 Å². The lowest BCUT2D eigenvalue weighted by atomic mass is 10.1. The fraction of sp³-hybridized carbons (Fsp3) is 0.0909. The number of para-hydroxylation sites is 2. The predicted molar refractivity (Wildman–Crippen MR) is 188 cm³/mol. The number of hydrogen-bond acceptors (Lipinski definition) is 7. The first kappa shape index (κ1) is 33.6. The second-order valence-electron chi connectivity index (χ2n) is 9.86. The van der Waals surface area contributed by atoms with Gasteiger partial charge in [0.05, 0.1) is 32.4 Å². The van der Waals surface area contributed by atoms with Crippen LogP contribution in [-0.4, -0.2) is 41.9 Å². The third-order valence-electron chi connectivity index (χ3n) is 7.09. The standard InChI is InChI=1S/C20H14BrFN4O3.C12H7BrClN3.CH4/c1-29-18-8-15(22)17(26(27)28)6-11(18)7-19-24-10-14(21)20(25-19)13-9-23-16-5-3-2-4-12(13)16;13-9-6-16-12(14)17-11(9)8-5-15-10-4-2-1-3-7(8)10;/h2-6,8-10,23H,7H2,1H3;1-6,15H;1H4. The van der Waals surface area contributed by atoms with Crippen molar-refractivity contribution in [2.45, 2.75) is 13.8 Å². The summed E-state index contributed by atoms with van der Waals surface area (Å²) in [6.45, 7) is 0. The molecule has 0 atom stereocenters. The molecule has 0 radical (unpaired) electrons. The van der Waals surface area contributed by atoms with E-state index in [0.717, 1.165) is 55.2 Å². The molecule has 0 bridgehead atoms. The Morgan fingerprint density at radius 3 is 2.02 bits per heavy atom. The van der Waals surface area contributed by atoms with Crippen LogP contribution in [0.15, 0.2) is 94.4 Å². The first-order valence-electron chi connectivity index (χ1n) is 13.6. The van der Waals surface area contributed by atoms with Gasteiger partial charge in [-0.15, -0.1) is 0 Å². The quantitative estimate of drug-likeness (QED) is 0.0975. The molecule has 0 spiro atoms. The zero-order chi connectivity index (χ0) is 32.4. The predicted octanol–water partition coefficient (Wildman–Crippen LogP) is 9.71. The number of H-pyrrole nitrogens is 2. The number of ether oxygens (including phenoxy) is 1. The van der Waals surface area contributed by atoms with Gasteiger partial charge in [-0.3, -0.25) is 10.1 Å². The third kappa shape index (κ3) is 7.02. The van der Waals surface area contributed by atoms with Crippen molar-refractivity contribution in [2.75, 3.05) is 7.11 Å². The summed E-state index contributed by atoms with van der Waals surface area (Å²) in [5.41, 5.74) is 5.24. The van der Waals surface area contributed by atoms with Crippen molar-refractivity contribution in [1.29, 1.82) is 0 Å². The zero-order valence-corrected chi connectivity index (χ0v) is 27.7. The fourth-order valence-corrected chi connectivity index (χ4v) is 5.91. The third-order valence-corrected chi connectivity index (χ3v) is 8.44. The Balaban J connectivity index is 0.000000205. The van der Waals surface area contributed by atoms with Crippen LogP contribution in [0.3, 0.4) is 0 Å². The number of aromatic nitrogens is 6. The number of rotatable bonds is 6. The number of methoxy groups -OCH3 is 1. The topological polar surface area (TPSA) is 136 Å². The Labute approximate surface area is 289 Å². The number of nitro benzene ring substituents is 1. The van der Waals surface area contributed by atoms with Gasteiger partial charge in [-0.05, 0) is 55.6 Å². The van der Waals surface area contributed by atoms with Gasteiger partial charge in [-0.1, -0.05) is 43.8 Å². The Morgan fingerprint density at radius 2 is 1.45 bits per heavy atom. The van der Waals surface area contributed by atoms with Gasteiger partial charge in [-0.25, -0.2) is 19.9 Å². The van der Waals surface area contributed by atoms with Crippen LogP contribution in [0.5, 0.6) is 5.75 Å². The molecule has 0 aliphatic heterocycles. The van der Waals surface area contributed by atoms with E-state index in [0.29, 0.717) is 21.6 Å². The fourth-order valence-electron chi connectivity index (χ4n) is 4.97. The molecule has 7 aromatic rings. The van der Waals surface area contributed by atoms with E-state index in [4.69, 9.17) is 16.3 Å². The van der Waals surface area contributed by atoms with Gasteiger partial charge in [0, 0.05) is 81.8 Å². The van der Waals surface area contributed by atoms with Gasteiger partial charge in [0.1, 0.15) is 11.6 Å². The maximum absolute atomic E-state index is 13.9. The second-order valence-corrected chi connectivity index (χ2v) is 11.9. The molecule has 3 aromatic carbocycles. The smallest absolute Gasteiger partial charge is 0.305 e. The number of hydrogen-bond donors (Lipinski definition) is 2. The van der Waals surface area contributed by atoms with E-state index in [1.54, 1.807) is 12.4 Å². The molecule has 47 heavy (non-hydrogen) atoms. The van der Waals surface area contributed by atoms with Crippen LogP contribution in [0, 0.1) is 15.9 Å².